The molecule has 1 amide bonds. The Morgan fingerprint density at radius 2 is 1.82 bits per heavy atom. The van der Waals surface area contributed by atoms with E-state index in [9.17, 15) is 13.2 Å². The first-order chi connectivity index (χ1) is 13.3. The first kappa shape index (κ1) is 19.7. The molecule has 3 aromatic rings. The summed E-state index contributed by atoms with van der Waals surface area (Å²) in [5.41, 5.74) is 3.09. The largest absolute Gasteiger partial charge is 0.348 e. The van der Waals surface area contributed by atoms with Crippen LogP contribution in [0.15, 0.2) is 60.0 Å². The van der Waals surface area contributed by atoms with Crippen molar-refractivity contribution >= 4 is 15.9 Å². The summed E-state index contributed by atoms with van der Waals surface area (Å²) in [5, 5.41) is 6.97. The fourth-order valence-electron chi connectivity index (χ4n) is 2.59. The van der Waals surface area contributed by atoms with Crippen molar-refractivity contribution in [3.8, 4) is 11.1 Å². The second kappa shape index (κ2) is 7.91. The number of benzene rings is 1. The van der Waals surface area contributed by atoms with Crippen molar-refractivity contribution in [2.75, 3.05) is 14.1 Å². The van der Waals surface area contributed by atoms with Gasteiger partial charge in [-0.15, -0.1) is 0 Å². The van der Waals surface area contributed by atoms with Gasteiger partial charge in [0.25, 0.3) is 5.91 Å². The third-order valence-corrected chi connectivity index (χ3v) is 6.01. The Hall–Kier alpha value is -3.04. The van der Waals surface area contributed by atoms with Crippen LogP contribution in [-0.4, -0.2) is 47.5 Å². The van der Waals surface area contributed by atoms with Gasteiger partial charge in [0.2, 0.25) is 10.0 Å². The summed E-state index contributed by atoms with van der Waals surface area (Å²) >= 11 is 0. The molecule has 146 valence electrons. The number of hydrogen-bond acceptors (Lipinski definition) is 5. The average Bonchev–Trinajstić information content (AvgIpc) is 3.12. The summed E-state index contributed by atoms with van der Waals surface area (Å²) in [6.45, 7) is 0.303. The SMILES string of the molecule is CN(C)S(=O)(=O)c1ccc(C(=O)NCc2cncc(-c3cnn(C)c3)c2)cc1. The van der Waals surface area contributed by atoms with E-state index in [0.717, 1.165) is 21.0 Å². The lowest BCUT2D eigenvalue weighted by Gasteiger charge is -2.11. The van der Waals surface area contributed by atoms with Gasteiger partial charge < -0.3 is 5.32 Å². The number of nitrogens with one attached hydrogen (secondary N) is 1. The lowest BCUT2D eigenvalue weighted by atomic mass is 10.1. The van der Waals surface area contributed by atoms with E-state index in [1.54, 1.807) is 23.3 Å². The Balaban J connectivity index is 1.68. The van der Waals surface area contributed by atoms with E-state index in [4.69, 9.17) is 0 Å². The van der Waals surface area contributed by atoms with Gasteiger partial charge in [0, 0.05) is 63.0 Å². The molecule has 0 aliphatic carbocycles. The number of aromatic nitrogens is 3. The molecule has 0 radical (unpaired) electrons. The Morgan fingerprint density at radius 1 is 1.11 bits per heavy atom. The molecule has 8 nitrogen and oxygen atoms in total. The molecule has 2 heterocycles. The number of nitrogens with zero attached hydrogens (tertiary/aromatic N) is 4. The lowest BCUT2D eigenvalue weighted by Crippen LogP contribution is -2.24. The fourth-order valence-corrected chi connectivity index (χ4v) is 3.49. The maximum Gasteiger partial charge on any atom is 0.251 e. The minimum atomic E-state index is -3.52. The third kappa shape index (κ3) is 4.26. The van der Waals surface area contributed by atoms with Gasteiger partial charge >= 0.3 is 0 Å². The molecule has 1 N–H and O–H groups in total. The second-order valence-electron chi connectivity index (χ2n) is 6.48. The van der Waals surface area contributed by atoms with E-state index in [1.165, 1.54) is 38.4 Å². The number of hydrogen-bond donors (Lipinski definition) is 1. The minimum absolute atomic E-state index is 0.141. The van der Waals surface area contributed by atoms with Crippen LogP contribution in [0.3, 0.4) is 0 Å². The van der Waals surface area contributed by atoms with Crippen LogP contribution in [0.25, 0.3) is 11.1 Å². The van der Waals surface area contributed by atoms with Gasteiger partial charge in [0.15, 0.2) is 0 Å². The van der Waals surface area contributed by atoms with E-state index >= 15 is 0 Å². The predicted octanol–water partition coefficient (Wildman–Crippen LogP) is 1.66. The Labute approximate surface area is 163 Å². The van der Waals surface area contributed by atoms with Crippen LogP contribution in [0.4, 0.5) is 0 Å². The van der Waals surface area contributed by atoms with E-state index in [1.807, 2.05) is 19.3 Å². The standard InChI is InChI=1S/C19H21N5O3S/c1-23(2)28(26,27)18-6-4-15(5-7-18)19(25)21-10-14-8-16(11-20-9-14)17-12-22-24(3)13-17/h4-9,11-13H,10H2,1-3H3,(H,21,25). The zero-order chi connectivity index (χ0) is 20.3. The van der Waals surface area contributed by atoms with Gasteiger partial charge in [0.05, 0.1) is 11.1 Å². The molecule has 0 unspecified atom stereocenters. The van der Waals surface area contributed by atoms with Gasteiger partial charge in [-0.3, -0.25) is 14.5 Å². The Kier molecular flexibility index (Phi) is 5.57. The number of carbonyl (C=O) groups is 1. The van der Waals surface area contributed by atoms with Crippen molar-refractivity contribution in [1.29, 1.82) is 0 Å². The zero-order valence-corrected chi connectivity index (χ0v) is 16.6. The molecule has 0 fully saturated rings. The average molecular weight is 399 g/mol. The molecule has 1 aromatic carbocycles. The van der Waals surface area contributed by atoms with Crippen LogP contribution in [0.5, 0.6) is 0 Å². The molecule has 3 rings (SSSR count). The summed E-state index contributed by atoms with van der Waals surface area (Å²) in [5.74, 6) is -0.291. The van der Waals surface area contributed by atoms with Crippen LogP contribution in [-0.2, 0) is 23.6 Å². The summed E-state index contributed by atoms with van der Waals surface area (Å²) in [7, 11) is 1.25. The highest BCUT2D eigenvalue weighted by Gasteiger charge is 2.17. The topological polar surface area (TPSA) is 97.2 Å². The van der Waals surface area contributed by atoms with Gasteiger partial charge in [-0.1, -0.05) is 0 Å². The Morgan fingerprint density at radius 3 is 2.43 bits per heavy atom. The number of rotatable bonds is 6. The normalized spacial score (nSPS) is 11.6. The lowest BCUT2D eigenvalue weighted by molar-refractivity contribution is 0.0951. The van der Waals surface area contributed by atoms with Gasteiger partial charge in [-0.2, -0.15) is 5.10 Å². The molecule has 9 heteroatoms. The van der Waals surface area contributed by atoms with Crippen molar-refractivity contribution < 1.29 is 13.2 Å². The summed E-state index contributed by atoms with van der Waals surface area (Å²) in [6.07, 6.45) is 7.07. The third-order valence-electron chi connectivity index (χ3n) is 4.18. The number of aryl methyl sites for hydroxylation is 1. The molecule has 0 aliphatic rings. The van der Waals surface area contributed by atoms with Crippen LogP contribution in [0.1, 0.15) is 15.9 Å². The highest BCUT2D eigenvalue weighted by Crippen LogP contribution is 2.18. The predicted molar refractivity (Wildman–Crippen MR) is 105 cm³/mol. The molecule has 0 spiro atoms. The highest BCUT2D eigenvalue weighted by atomic mass is 32.2. The minimum Gasteiger partial charge on any atom is -0.348 e. The van der Waals surface area contributed by atoms with Crippen LogP contribution in [0.2, 0.25) is 0 Å². The first-order valence-corrected chi connectivity index (χ1v) is 9.95. The number of pyridine rings is 1. The molecule has 28 heavy (non-hydrogen) atoms. The van der Waals surface area contributed by atoms with E-state index in [-0.39, 0.29) is 10.8 Å². The van der Waals surface area contributed by atoms with Gasteiger partial charge in [-0.25, -0.2) is 12.7 Å². The van der Waals surface area contributed by atoms with Gasteiger partial charge in [0.1, 0.15) is 0 Å². The molecular formula is C19H21N5O3S. The smallest absolute Gasteiger partial charge is 0.251 e. The van der Waals surface area contributed by atoms with Crippen molar-refractivity contribution in [3.63, 3.8) is 0 Å². The number of amides is 1. The second-order valence-corrected chi connectivity index (χ2v) is 8.63. The summed E-state index contributed by atoms with van der Waals surface area (Å²) in [6, 6.07) is 7.78. The molecule has 2 aromatic heterocycles. The fraction of sp³-hybridized carbons (Fsp3) is 0.211. The van der Waals surface area contributed by atoms with Crippen LogP contribution >= 0.6 is 0 Å². The molecule has 0 bridgehead atoms. The van der Waals surface area contributed by atoms with Crippen molar-refractivity contribution in [2.45, 2.75) is 11.4 Å². The van der Waals surface area contributed by atoms with Crippen molar-refractivity contribution in [3.05, 3.63) is 66.2 Å². The maximum atomic E-state index is 12.4. The van der Waals surface area contributed by atoms with Crippen LogP contribution < -0.4 is 5.32 Å². The molecular weight excluding hydrogens is 378 g/mol. The van der Waals surface area contributed by atoms with Crippen LogP contribution in [0, 0.1) is 0 Å². The monoisotopic (exact) mass is 399 g/mol. The summed E-state index contributed by atoms with van der Waals surface area (Å²) < 4.78 is 27.0. The molecule has 0 atom stereocenters. The number of sulfonamides is 1. The first-order valence-electron chi connectivity index (χ1n) is 8.51. The Bertz CT molecular complexity index is 1090. The molecule has 0 saturated heterocycles. The van der Waals surface area contributed by atoms with Crippen molar-refractivity contribution in [1.82, 2.24) is 24.4 Å². The quantitative estimate of drug-likeness (QED) is 0.680. The number of carbonyl (C=O) groups excluding carboxylic acids is 1. The highest BCUT2D eigenvalue weighted by molar-refractivity contribution is 7.89. The zero-order valence-electron chi connectivity index (χ0n) is 15.8. The molecule has 0 saturated carbocycles. The van der Waals surface area contributed by atoms with Gasteiger partial charge in [-0.05, 0) is 35.9 Å². The maximum absolute atomic E-state index is 12.4. The van der Waals surface area contributed by atoms with E-state index < -0.39 is 10.0 Å². The summed E-state index contributed by atoms with van der Waals surface area (Å²) in [4.78, 5) is 16.7. The van der Waals surface area contributed by atoms with E-state index in [2.05, 4.69) is 15.4 Å². The molecule has 0 aliphatic heterocycles. The van der Waals surface area contributed by atoms with Crippen molar-refractivity contribution in [2.24, 2.45) is 7.05 Å². The van der Waals surface area contributed by atoms with E-state index in [0.29, 0.717) is 12.1 Å².